The van der Waals surface area contributed by atoms with Gasteiger partial charge in [-0.2, -0.15) is 5.26 Å². The highest BCUT2D eigenvalue weighted by molar-refractivity contribution is 7.98. The summed E-state index contributed by atoms with van der Waals surface area (Å²) in [6.45, 7) is 2.74. The summed E-state index contributed by atoms with van der Waals surface area (Å²) in [7, 11) is 0. The van der Waals surface area contributed by atoms with Crippen LogP contribution >= 0.6 is 11.8 Å². The van der Waals surface area contributed by atoms with Gasteiger partial charge in [0.25, 0.3) is 0 Å². The number of allylic oxidation sites excluding steroid dienone is 2. The third-order valence-corrected chi connectivity index (χ3v) is 2.58. The van der Waals surface area contributed by atoms with Crippen molar-refractivity contribution in [3.63, 3.8) is 0 Å². The monoisotopic (exact) mass is 205 g/mol. The maximum absolute atomic E-state index is 8.46. The first-order valence-corrected chi connectivity index (χ1v) is 5.57. The molecule has 1 aromatic heterocycles. The number of nitriles is 1. The van der Waals surface area contributed by atoms with E-state index in [1.54, 1.807) is 17.8 Å². The highest BCUT2D eigenvalue weighted by atomic mass is 32.2. The normalized spacial score (nSPS) is 11.1. The van der Waals surface area contributed by atoms with Crippen molar-refractivity contribution in [3.05, 3.63) is 36.2 Å². The van der Waals surface area contributed by atoms with Crippen LogP contribution in [0.1, 0.15) is 6.92 Å². The lowest BCUT2D eigenvalue weighted by molar-refractivity contribution is -0.689. The van der Waals surface area contributed by atoms with Crippen LogP contribution in [0.25, 0.3) is 0 Å². The van der Waals surface area contributed by atoms with Gasteiger partial charge in [-0.3, -0.25) is 0 Å². The molecule has 0 saturated carbocycles. The van der Waals surface area contributed by atoms with Crippen LogP contribution in [0.5, 0.6) is 0 Å². The van der Waals surface area contributed by atoms with Crippen LogP contribution in [-0.2, 0) is 6.54 Å². The van der Waals surface area contributed by atoms with Gasteiger partial charge in [0.2, 0.25) is 0 Å². The molecule has 14 heavy (non-hydrogen) atoms. The van der Waals surface area contributed by atoms with E-state index in [4.69, 9.17) is 5.26 Å². The SMILES string of the molecule is CSc1cc[n+](C/C(C)=C/C#N)cc1. The molecule has 0 fully saturated rings. The summed E-state index contributed by atoms with van der Waals surface area (Å²) >= 11 is 1.73. The maximum Gasteiger partial charge on any atom is 0.170 e. The third-order valence-electron chi connectivity index (χ3n) is 1.84. The number of rotatable bonds is 3. The average Bonchev–Trinajstić information content (AvgIpc) is 2.19. The van der Waals surface area contributed by atoms with Crippen LogP contribution in [0.4, 0.5) is 0 Å². The lowest BCUT2D eigenvalue weighted by atomic mass is 10.3. The molecule has 0 radical (unpaired) electrons. The fourth-order valence-corrected chi connectivity index (χ4v) is 1.52. The van der Waals surface area contributed by atoms with Gasteiger partial charge in [-0.05, 0) is 13.2 Å². The molecule has 0 aliphatic carbocycles. The van der Waals surface area contributed by atoms with E-state index < -0.39 is 0 Å². The van der Waals surface area contributed by atoms with E-state index in [1.165, 1.54) is 4.90 Å². The van der Waals surface area contributed by atoms with E-state index in [2.05, 4.69) is 23.0 Å². The highest BCUT2D eigenvalue weighted by Gasteiger charge is 2.00. The summed E-state index contributed by atoms with van der Waals surface area (Å²) in [4.78, 5) is 1.25. The summed E-state index contributed by atoms with van der Waals surface area (Å²) in [6.07, 6.45) is 7.69. The van der Waals surface area contributed by atoms with Gasteiger partial charge in [-0.1, -0.05) is 0 Å². The van der Waals surface area contributed by atoms with Gasteiger partial charge in [-0.15, -0.1) is 11.8 Å². The molecule has 0 amide bonds. The average molecular weight is 205 g/mol. The quantitative estimate of drug-likeness (QED) is 0.429. The maximum atomic E-state index is 8.46. The van der Waals surface area contributed by atoms with E-state index in [9.17, 15) is 0 Å². The Labute approximate surface area is 88.9 Å². The number of nitrogens with zero attached hydrogens (tertiary/aromatic N) is 2. The summed E-state index contributed by atoms with van der Waals surface area (Å²) in [5.74, 6) is 0. The minimum Gasteiger partial charge on any atom is -0.201 e. The van der Waals surface area contributed by atoms with Crippen molar-refractivity contribution < 1.29 is 4.57 Å². The molecule has 1 rings (SSSR count). The molecule has 0 aliphatic heterocycles. The number of aromatic nitrogens is 1. The first-order valence-electron chi connectivity index (χ1n) is 4.34. The minimum absolute atomic E-state index is 0.780. The predicted octanol–water partition coefficient (Wildman–Crippen LogP) is 2.17. The molecule has 1 heterocycles. The van der Waals surface area contributed by atoms with Crippen molar-refractivity contribution in [2.24, 2.45) is 0 Å². The number of hydrogen-bond donors (Lipinski definition) is 0. The highest BCUT2D eigenvalue weighted by Crippen LogP contribution is 2.10. The minimum atomic E-state index is 0.780. The molecular formula is C11H13N2S+. The smallest absolute Gasteiger partial charge is 0.170 e. The van der Waals surface area contributed by atoms with Crippen LogP contribution in [0.15, 0.2) is 41.1 Å². The Morgan fingerprint density at radius 2 is 2.21 bits per heavy atom. The van der Waals surface area contributed by atoms with Crippen LogP contribution in [0, 0.1) is 11.3 Å². The Bertz CT molecular complexity index is 360. The molecule has 0 spiro atoms. The van der Waals surface area contributed by atoms with Crippen molar-refractivity contribution in [1.82, 2.24) is 0 Å². The number of hydrogen-bond acceptors (Lipinski definition) is 2. The summed E-state index contributed by atoms with van der Waals surface area (Å²) in [5, 5.41) is 8.46. The largest absolute Gasteiger partial charge is 0.201 e. The van der Waals surface area contributed by atoms with Crippen LogP contribution in [0.3, 0.4) is 0 Å². The lowest BCUT2D eigenvalue weighted by Gasteiger charge is -1.97. The van der Waals surface area contributed by atoms with Crippen molar-refractivity contribution in [2.75, 3.05) is 6.26 Å². The van der Waals surface area contributed by atoms with Crippen LogP contribution in [-0.4, -0.2) is 6.26 Å². The molecule has 2 nitrogen and oxygen atoms in total. The molecule has 3 heteroatoms. The van der Waals surface area contributed by atoms with Gasteiger partial charge in [0.05, 0.1) is 6.07 Å². The molecule has 0 aliphatic rings. The molecule has 0 saturated heterocycles. The summed E-state index contributed by atoms with van der Waals surface area (Å²) in [6, 6.07) is 6.18. The van der Waals surface area contributed by atoms with Crippen molar-refractivity contribution >= 4 is 11.8 Å². The number of thioether (sulfide) groups is 1. The summed E-state index contributed by atoms with van der Waals surface area (Å²) < 4.78 is 2.06. The zero-order valence-corrected chi connectivity index (χ0v) is 9.21. The molecule has 0 bridgehead atoms. The molecule has 0 aromatic carbocycles. The van der Waals surface area contributed by atoms with E-state index >= 15 is 0 Å². The van der Waals surface area contributed by atoms with Gasteiger partial charge in [0, 0.05) is 28.7 Å². The van der Waals surface area contributed by atoms with Gasteiger partial charge in [-0.25, -0.2) is 4.57 Å². The van der Waals surface area contributed by atoms with Crippen molar-refractivity contribution in [3.8, 4) is 6.07 Å². The Hall–Kier alpha value is -1.27. The molecule has 0 atom stereocenters. The van der Waals surface area contributed by atoms with Crippen LogP contribution < -0.4 is 4.57 Å². The summed E-state index contributed by atoms with van der Waals surface area (Å²) in [5.41, 5.74) is 1.06. The molecule has 72 valence electrons. The Morgan fingerprint density at radius 1 is 1.57 bits per heavy atom. The first kappa shape index (κ1) is 10.8. The second-order valence-electron chi connectivity index (χ2n) is 3.03. The molecule has 0 unspecified atom stereocenters. The zero-order valence-electron chi connectivity index (χ0n) is 8.40. The van der Waals surface area contributed by atoms with E-state index in [0.29, 0.717) is 0 Å². The van der Waals surface area contributed by atoms with Crippen LogP contribution in [0.2, 0.25) is 0 Å². The Balaban J connectivity index is 2.70. The van der Waals surface area contributed by atoms with Gasteiger partial charge in [0.15, 0.2) is 18.9 Å². The van der Waals surface area contributed by atoms with Gasteiger partial charge < -0.3 is 0 Å². The predicted molar refractivity (Wildman–Crippen MR) is 57.8 cm³/mol. The third kappa shape index (κ3) is 3.23. The first-order chi connectivity index (χ1) is 6.76. The molecule has 0 N–H and O–H groups in total. The standard InChI is InChI=1S/C11H13N2S/c1-10(3-6-12)9-13-7-4-11(14-2)5-8-13/h3-5,7-8H,9H2,1-2H3/q+1/b10-3+. The Morgan fingerprint density at radius 3 is 2.71 bits per heavy atom. The fourth-order valence-electron chi connectivity index (χ4n) is 1.13. The molecular weight excluding hydrogens is 192 g/mol. The van der Waals surface area contributed by atoms with E-state index in [1.807, 2.05) is 25.4 Å². The number of pyridine rings is 1. The lowest BCUT2D eigenvalue weighted by Crippen LogP contribution is -2.32. The second kappa shape index (κ2) is 5.46. The zero-order chi connectivity index (χ0) is 10.4. The Kier molecular flexibility index (Phi) is 4.21. The fraction of sp³-hybridized carbons (Fsp3) is 0.273. The van der Waals surface area contributed by atoms with Gasteiger partial charge >= 0.3 is 0 Å². The van der Waals surface area contributed by atoms with Gasteiger partial charge in [0.1, 0.15) is 0 Å². The van der Waals surface area contributed by atoms with E-state index in [-0.39, 0.29) is 0 Å². The topological polar surface area (TPSA) is 27.7 Å². The second-order valence-corrected chi connectivity index (χ2v) is 3.91. The van der Waals surface area contributed by atoms with Crippen molar-refractivity contribution in [1.29, 1.82) is 5.26 Å². The van der Waals surface area contributed by atoms with Crippen molar-refractivity contribution in [2.45, 2.75) is 18.4 Å². The van der Waals surface area contributed by atoms with E-state index in [0.717, 1.165) is 12.1 Å². The molecule has 1 aromatic rings.